The Morgan fingerprint density at radius 2 is 2.23 bits per heavy atom. The van der Waals surface area contributed by atoms with Crippen molar-refractivity contribution in [2.45, 2.75) is 17.6 Å². The number of aromatic amines is 2. The quantitative estimate of drug-likeness (QED) is 0.738. The maximum atomic E-state index is 11.2. The lowest BCUT2D eigenvalue weighted by Crippen LogP contribution is -2.13. The van der Waals surface area contributed by atoms with Crippen molar-refractivity contribution in [3.05, 3.63) is 26.9 Å². The van der Waals surface area contributed by atoms with E-state index in [1.54, 1.807) is 17.8 Å². The molecule has 0 radical (unpaired) electrons. The molecule has 0 saturated heterocycles. The lowest BCUT2D eigenvalue weighted by molar-refractivity contribution is 0.908. The third-order valence-electron chi connectivity index (χ3n) is 2.35. The predicted octanol–water partition coefficient (Wildman–Crippen LogP) is 1.78. The number of aromatic nitrogens is 2. The van der Waals surface area contributed by atoms with Crippen LogP contribution in [-0.2, 0) is 4.75 Å². The van der Waals surface area contributed by atoms with Gasteiger partial charge in [-0.15, -0.1) is 0 Å². The molecular weight excluding hydrogens is 204 g/mol. The molecule has 2 rings (SSSR count). The molecular formula is C8H10N2OS2. The summed E-state index contributed by atoms with van der Waals surface area (Å²) in [6, 6.07) is 1.61. The van der Waals surface area contributed by atoms with E-state index in [-0.39, 0.29) is 10.3 Å². The van der Waals surface area contributed by atoms with Gasteiger partial charge in [-0.05, 0) is 31.3 Å². The molecule has 1 fully saturated rings. The third kappa shape index (κ3) is 1.58. The lowest BCUT2D eigenvalue weighted by atomic mass is 10.3. The molecule has 1 saturated carbocycles. The van der Waals surface area contributed by atoms with Crippen LogP contribution >= 0.6 is 24.0 Å². The van der Waals surface area contributed by atoms with Crippen molar-refractivity contribution in [3.8, 4) is 0 Å². The van der Waals surface area contributed by atoms with Gasteiger partial charge in [0.2, 0.25) is 0 Å². The fraction of sp³-hybridized carbons (Fsp3) is 0.500. The summed E-state index contributed by atoms with van der Waals surface area (Å²) in [6.45, 7) is 0. The highest BCUT2D eigenvalue weighted by molar-refractivity contribution is 7.99. The second kappa shape index (κ2) is 2.99. The highest BCUT2D eigenvalue weighted by atomic mass is 32.2. The topological polar surface area (TPSA) is 48.6 Å². The van der Waals surface area contributed by atoms with E-state index in [4.69, 9.17) is 12.2 Å². The van der Waals surface area contributed by atoms with Crippen molar-refractivity contribution in [3.63, 3.8) is 0 Å². The van der Waals surface area contributed by atoms with E-state index in [0.29, 0.717) is 4.77 Å². The van der Waals surface area contributed by atoms with E-state index >= 15 is 0 Å². The van der Waals surface area contributed by atoms with Crippen molar-refractivity contribution >= 4 is 24.0 Å². The van der Waals surface area contributed by atoms with Crippen molar-refractivity contribution in [1.82, 2.24) is 9.97 Å². The second-order valence-corrected chi connectivity index (χ2v) is 4.80. The normalized spacial score (nSPS) is 18.5. The van der Waals surface area contributed by atoms with Crippen molar-refractivity contribution in [2.24, 2.45) is 0 Å². The minimum absolute atomic E-state index is 0.112. The third-order valence-corrected chi connectivity index (χ3v) is 3.96. The molecule has 0 atom stereocenters. The van der Waals surface area contributed by atoms with Crippen LogP contribution in [0.15, 0.2) is 10.9 Å². The molecule has 0 aromatic carbocycles. The number of thioether (sulfide) groups is 1. The first-order valence-electron chi connectivity index (χ1n) is 4.06. The molecule has 1 aliphatic rings. The maximum absolute atomic E-state index is 11.2. The number of nitrogens with one attached hydrogen (secondary N) is 2. The molecule has 0 spiro atoms. The maximum Gasteiger partial charge on any atom is 0.251 e. The van der Waals surface area contributed by atoms with Crippen molar-refractivity contribution < 1.29 is 0 Å². The van der Waals surface area contributed by atoms with Crippen molar-refractivity contribution in [1.29, 1.82) is 0 Å². The van der Waals surface area contributed by atoms with E-state index in [1.165, 1.54) is 0 Å². The average molecular weight is 214 g/mol. The predicted molar refractivity (Wildman–Crippen MR) is 56.7 cm³/mol. The first-order chi connectivity index (χ1) is 6.16. The Morgan fingerprint density at radius 3 is 2.69 bits per heavy atom. The summed E-state index contributed by atoms with van der Waals surface area (Å²) >= 11 is 6.69. The van der Waals surface area contributed by atoms with Gasteiger partial charge in [-0.25, -0.2) is 0 Å². The van der Waals surface area contributed by atoms with Crippen LogP contribution in [0.25, 0.3) is 0 Å². The van der Waals surface area contributed by atoms with Gasteiger partial charge in [0.15, 0.2) is 4.77 Å². The average Bonchev–Trinajstić information content (AvgIpc) is 2.82. The Labute approximate surface area is 85.0 Å². The fourth-order valence-corrected chi connectivity index (χ4v) is 2.46. The van der Waals surface area contributed by atoms with Crippen LogP contribution in [-0.4, -0.2) is 16.2 Å². The van der Waals surface area contributed by atoms with Gasteiger partial charge < -0.3 is 4.98 Å². The van der Waals surface area contributed by atoms with E-state index in [9.17, 15) is 4.79 Å². The Balaban J connectivity index is 2.52. The number of hydrogen-bond donors (Lipinski definition) is 2. The highest BCUT2D eigenvalue weighted by Gasteiger charge is 2.44. The van der Waals surface area contributed by atoms with Crippen molar-refractivity contribution in [2.75, 3.05) is 6.26 Å². The summed E-state index contributed by atoms with van der Waals surface area (Å²) in [5, 5.41) is 0. The number of H-pyrrole nitrogens is 2. The van der Waals surface area contributed by atoms with Gasteiger partial charge in [-0.1, -0.05) is 0 Å². The first kappa shape index (κ1) is 9.02. The Bertz CT molecular complexity index is 402. The fourth-order valence-electron chi connectivity index (χ4n) is 1.41. The summed E-state index contributed by atoms with van der Waals surface area (Å²) in [6.07, 6.45) is 4.32. The Kier molecular flexibility index (Phi) is 2.08. The van der Waals surface area contributed by atoms with Gasteiger partial charge in [0, 0.05) is 11.8 Å². The summed E-state index contributed by atoms with van der Waals surface area (Å²) < 4.78 is 0.560. The van der Waals surface area contributed by atoms with Gasteiger partial charge in [-0.3, -0.25) is 9.78 Å². The van der Waals surface area contributed by atoms with Gasteiger partial charge in [0.25, 0.3) is 5.56 Å². The van der Waals surface area contributed by atoms with Crippen LogP contribution in [0.2, 0.25) is 0 Å². The molecule has 1 heterocycles. The summed E-state index contributed by atoms with van der Waals surface area (Å²) in [4.78, 5) is 16.7. The standard InChI is InChI=1S/C8H10N2OS2/c1-13-8(2-3-8)5-4-6(11)10-7(12)9-5/h4H,2-3H2,1H3,(H2,9,10,11,12). The van der Waals surface area contributed by atoms with E-state index in [1.807, 2.05) is 0 Å². The molecule has 2 N–H and O–H groups in total. The number of rotatable bonds is 2. The smallest absolute Gasteiger partial charge is 0.251 e. The summed E-state index contributed by atoms with van der Waals surface area (Å²) in [5.74, 6) is 0. The first-order valence-corrected chi connectivity index (χ1v) is 5.69. The molecule has 1 aromatic rings. The second-order valence-electron chi connectivity index (χ2n) is 3.20. The van der Waals surface area contributed by atoms with Gasteiger partial charge in [-0.2, -0.15) is 11.8 Å². The van der Waals surface area contributed by atoms with E-state index < -0.39 is 0 Å². The van der Waals surface area contributed by atoms with Gasteiger partial charge >= 0.3 is 0 Å². The molecule has 1 aliphatic carbocycles. The zero-order valence-corrected chi connectivity index (χ0v) is 8.85. The SMILES string of the molecule is CSC1(c2cc(=O)[nH]c(=S)[nH]2)CC1. The van der Waals surface area contributed by atoms with Crippen LogP contribution in [0, 0.1) is 4.77 Å². The van der Waals surface area contributed by atoms with Crippen LogP contribution < -0.4 is 5.56 Å². The minimum atomic E-state index is -0.112. The zero-order chi connectivity index (χ0) is 9.47. The largest absolute Gasteiger partial charge is 0.334 e. The molecule has 0 unspecified atom stereocenters. The highest BCUT2D eigenvalue weighted by Crippen LogP contribution is 2.54. The van der Waals surface area contributed by atoms with Gasteiger partial charge in [0.1, 0.15) is 0 Å². The molecule has 1 aromatic heterocycles. The minimum Gasteiger partial charge on any atom is -0.334 e. The summed E-state index contributed by atoms with van der Waals surface area (Å²) in [5.41, 5.74) is 0.854. The summed E-state index contributed by atoms with van der Waals surface area (Å²) in [7, 11) is 0. The van der Waals surface area contributed by atoms with Crippen LogP contribution in [0.4, 0.5) is 0 Å². The van der Waals surface area contributed by atoms with Crippen LogP contribution in [0.5, 0.6) is 0 Å². The molecule has 70 valence electrons. The molecule has 3 nitrogen and oxygen atoms in total. The molecule has 0 amide bonds. The van der Waals surface area contributed by atoms with Crippen LogP contribution in [0.3, 0.4) is 0 Å². The monoisotopic (exact) mass is 214 g/mol. The Hall–Kier alpha value is -0.550. The lowest BCUT2D eigenvalue weighted by Gasteiger charge is -2.10. The van der Waals surface area contributed by atoms with E-state index in [2.05, 4.69) is 16.2 Å². The number of hydrogen-bond acceptors (Lipinski definition) is 3. The van der Waals surface area contributed by atoms with Gasteiger partial charge in [0.05, 0.1) is 4.75 Å². The molecule has 0 bridgehead atoms. The Morgan fingerprint density at radius 1 is 1.54 bits per heavy atom. The van der Waals surface area contributed by atoms with E-state index in [0.717, 1.165) is 18.5 Å². The molecule has 0 aliphatic heterocycles. The zero-order valence-electron chi connectivity index (χ0n) is 7.22. The van der Waals surface area contributed by atoms with Crippen LogP contribution in [0.1, 0.15) is 18.5 Å². The molecule has 5 heteroatoms. The molecule has 13 heavy (non-hydrogen) atoms.